The van der Waals surface area contributed by atoms with Gasteiger partial charge in [0.05, 0.1) is 43.4 Å². The Bertz CT molecular complexity index is 1460. The maximum atomic E-state index is 13.9. The van der Waals surface area contributed by atoms with Crippen LogP contribution in [0.15, 0.2) is 58.5 Å². The molecule has 6 atom stereocenters. The number of methoxy groups -OCH3 is 2. The number of unbranched alkanes of at least 4 members (excludes halogenated alkanes) is 1. The third-order valence-corrected chi connectivity index (χ3v) is 9.23. The highest BCUT2D eigenvalue weighted by Gasteiger charge is 2.34. The number of hydrogen-bond donors (Lipinski definition) is 4. The Morgan fingerprint density at radius 3 is 2.46 bits per heavy atom. The number of nitrogens with zero attached hydrogens (tertiary/aromatic N) is 1. The average Bonchev–Trinajstić information content (AvgIpc) is 3.11. The van der Waals surface area contributed by atoms with Gasteiger partial charge in [0.25, 0.3) is 5.91 Å². The van der Waals surface area contributed by atoms with Gasteiger partial charge in [-0.15, -0.1) is 0 Å². The van der Waals surface area contributed by atoms with E-state index in [1.165, 1.54) is 33.3 Å². The van der Waals surface area contributed by atoms with Crippen molar-refractivity contribution in [2.45, 2.75) is 77.8 Å². The fourth-order valence-corrected chi connectivity index (χ4v) is 6.29. The van der Waals surface area contributed by atoms with E-state index in [9.17, 15) is 29.1 Å². The number of Topliss-reactive ketones (excluding diaryl/α,β-unsaturated/α-hetero) is 1. The van der Waals surface area contributed by atoms with Crippen LogP contribution in [0.3, 0.4) is 0 Å². The first-order valence-electron chi connectivity index (χ1n) is 17.6. The van der Waals surface area contributed by atoms with Gasteiger partial charge in [0.2, 0.25) is 11.6 Å². The van der Waals surface area contributed by atoms with Crippen molar-refractivity contribution < 1.29 is 52.8 Å². The van der Waals surface area contributed by atoms with Gasteiger partial charge in [-0.05, 0) is 57.6 Å². The zero-order chi connectivity index (χ0) is 38.4. The molecule has 0 aromatic heterocycles. The maximum absolute atomic E-state index is 13.9. The molecule has 0 aromatic carbocycles. The first-order valence-corrected chi connectivity index (χ1v) is 17.6. The quantitative estimate of drug-likeness (QED) is 0.154. The zero-order valence-corrected chi connectivity index (χ0v) is 31.0. The Balaban J connectivity index is 1.90. The van der Waals surface area contributed by atoms with E-state index in [4.69, 9.17) is 29.4 Å². The van der Waals surface area contributed by atoms with Crippen LogP contribution in [0.25, 0.3) is 0 Å². The van der Waals surface area contributed by atoms with Crippen LogP contribution in [0.5, 0.6) is 0 Å². The maximum Gasteiger partial charge on any atom is 0.411 e. The molecule has 3 aliphatic rings. The number of rotatable bonds is 9. The minimum absolute atomic E-state index is 0.00434. The number of ether oxygens (including phenoxy) is 5. The summed E-state index contributed by atoms with van der Waals surface area (Å²) in [5.74, 6) is -2.84. The van der Waals surface area contributed by atoms with Gasteiger partial charge in [0, 0.05) is 50.4 Å². The molecule has 1 aliphatic carbocycles. The van der Waals surface area contributed by atoms with E-state index >= 15 is 0 Å². The SMILES string of the molecule is CO[C@H]1/C=C/C=C(/C)C(=O)NC2=CC(=O)C(NC(=O)OCCCCN3CCOCC3)=C(C[C@@H](C)C[C@H](OC)[C@H](O)[C@@H](C)/C=C(\C)[C@@H]1OC(N)=O)C2=O. The summed E-state index contributed by atoms with van der Waals surface area (Å²) in [6.07, 6.45) is 3.49. The highest BCUT2D eigenvalue weighted by atomic mass is 16.6. The lowest BCUT2D eigenvalue weighted by molar-refractivity contribution is -0.120. The number of allylic oxidation sites excluding steroid dienone is 4. The van der Waals surface area contributed by atoms with Crippen LogP contribution >= 0.6 is 0 Å². The first kappa shape index (κ1) is 42.3. The summed E-state index contributed by atoms with van der Waals surface area (Å²) in [5, 5.41) is 16.4. The molecule has 15 nitrogen and oxygen atoms in total. The molecule has 288 valence electrons. The van der Waals surface area contributed by atoms with Crippen molar-refractivity contribution in [1.29, 1.82) is 0 Å². The minimum atomic E-state index is -1.04. The molecule has 0 spiro atoms. The second-order valence-electron chi connectivity index (χ2n) is 13.4. The number of carbonyl (C=O) groups excluding carboxylic acids is 5. The lowest BCUT2D eigenvalue weighted by atomic mass is 9.85. The number of carbonyl (C=O) groups is 5. The van der Waals surface area contributed by atoms with E-state index in [0.29, 0.717) is 25.2 Å². The lowest BCUT2D eigenvalue weighted by Gasteiger charge is -2.30. The summed E-state index contributed by atoms with van der Waals surface area (Å²) in [7, 11) is 2.87. The predicted molar refractivity (Wildman–Crippen MR) is 191 cm³/mol. The molecular weight excluding hydrogens is 676 g/mol. The van der Waals surface area contributed by atoms with E-state index in [1.54, 1.807) is 26.0 Å². The van der Waals surface area contributed by atoms with E-state index in [1.807, 2.05) is 6.92 Å². The van der Waals surface area contributed by atoms with Crippen molar-refractivity contribution >= 4 is 29.7 Å². The number of aliphatic hydroxyl groups is 1. The van der Waals surface area contributed by atoms with Crippen LogP contribution < -0.4 is 16.4 Å². The summed E-state index contributed by atoms with van der Waals surface area (Å²) >= 11 is 0. The van der Waals surface area contributed by atoms with Gasteiger partial charge in [-0.3, -0.25) is 24.6 Å². The number of ketones is 2. The van der Waals surface area contributed by atoms with Gasteiger partial charge >= 0.3 is 12.2 Å². The van der Waals surface area contributed by atoms with Crippen molar-refractivity contribution in [3.05, 3.63) is 58.5 Å². The molecule has 2 aliphatic heterocycles. The van der Waals surface area contributed by atoms with Gasteiger partial charge in [-0.1, -0.05) is 38.2 Å². The number of primary amides is 1. The number of hydrogen-bond acceptors (Lipinski definition) is 12. The van der Waals surface area contributed by atoms with Crippen molar-refractivity contribution in [1.82, 2.24) is 15.5 Å². The van der Waals surface area contributed by atoms with Gasteiger partial charge in [-0.25, -0.2) is 9.59 Å². The van der Waals surface area contributed by atoms with E-state index in [-0.39, 0.29) is 47.9 Å². The first-order chi connectivity index (χ1) is 24.7. The summed E-state index contributed by atoms with van der Waals surface area (Å²) in [6, 6.07) is 0. The molecule has 0 aromatic rings. The molecule has 3 amide bonds. The summed E-state index contributed by atoms with van der Waals surface area (Å²) in [6.45, 7) is 10.9. The van der Waals surface area contributed by atoms with Gasteiger partial charge in [0.15, 0.2) is 6.10 Å². The molecule has 1 fully saturated rings. The van der Waals surface area contributed by atoms with Crippen LogP contribution in [-0.2, 0) is 38.1 Å². The average molecular weight is 731 g/mol. The van der Waals surface area contributed by atoms with Gasteiger partial charge in [-0.2, -0.15) is 0 Å². The van der Waals surface area contributed by atoms with Crippen LogP contribution in [0.1, 0.15) is 53.4 Å². The molecular formula is C37H54N4O11. The molecule has 2 heterocycles. The molecule has 3 rings (SSSR count). The molecule has 0 radical (unpaired) electrons. The van der Waals surface area contributed by atoms with Gasteiger partial charge in [0.1, 0.15) is 6.10 Å². The van der Waals surface area contributed by atoms with E-state index in [2.05, 4.69) is 15.5 Å². The summed E-state index contributed by atoms with van der Waals surface area (Å²) in [5.41, 5.74) is 5.60. The molecule has 52 heavy (non-hydrogen) atoms. The number of nitrogens with one attached hydrogen (secondary N) is 2. The lowest BCUT2D eigenvalue weighted by Crippen LogP contribution is -2.39. The minimum Gasteiger partial charge on any atom is -0.449 e. The molecule has 0 unspecified atom stereocenters. The van der Waals surface area contributed by atoms with E-state index < -0.39 is 60.0 Å². The predicted octanol–water partition coefficient (Wildman–Crippen LogP) is 2.60. The van der Waals surface area contributed by atoms with Crippen LogP contribution in [0.2, 0.25) is 0 Å². The Kier molecular flexibility index (Phi) is 16.9. The number of alkyl carbamates (subject to hydrolysis) is 1. The molecule has 0 saturated carbocycles. The van der Waals surface area contributed by atoms with E-state index in [0.717, 1.165) is 32.1 Å². The molecule has 2 bridgehead atoms. The molecule has 15 heteroatoms. The number of fused-ring (bicyclic) bond motifs is 2. The van der Waals surface area contributed by atoms with Gasteiger partial charge < -0.3 is 39.8 Å². The Hall–Kier alpha value is -4.15. The number of amides is 3. The normalized spacial score (nSPS) is 29.9. The highest BCUT2D eigenvalue weighted by Crippen LogP contribution is 2.29. The smallest absolute Gasteiger partial charge is 0.411 e. The molecule has 1 saturated heterocycles. The Labute approximate surface area is 305 Å². The fraction of sp³-hybridized carbons (Fsp3) is 0.595. The van der Waals surface area contributed by atoms with Crippen LogP contribution in [-0.4, -0.2) is 118 Å². The molecule has 5 N–H and O–H groups in total. The zero-order valence-electron chi connectivity index (χ0n) is 31.0. The van der Waals surface area contributed by atoms with Crippen molar-refractivity contribution in [2.75, 3.05) is 53.7 Å². The largest absolute Gasteiger partial charge is 0.449 e. The number of nitrogens with two attached hydrogens (primary N) is 1. The fourth-order valence-electron chi connectivity index (χ4n) is 6.29. The summed E-state index contributed by atoms with van der Waals surface area (Å²) in [4.78, 5) is 67.4. The second-order valence-corrected chi connectivity index (χ2v) is 13.4. The third kappa shape index (κ3) is 12.5. The Morgan fingerprint density at radius 1 is 1.10 bits per heavy atom. The topological polar surface area (TPSA) is 205 Å². The monoisotopic (exact) mass is 730 g/mol. The van der Waals surface area contributed by atoms with Crippen LogP contribution in [0.4, 0.5) is 9.59 Å². The van der Waals surface area contributed by atoms with Crippen molar-refractivity contribution in [3.63, 3.8) is 0 Å². The highest BCUT2D eigenvalue weighted by molar-refractivity contribution is 6.24. The Morgan fingerprint density at radius 2 is 1.81 bits per heavy atom. The number of morpholine rings is 1. The second kappa shape index (κ2) is 20.8. The van der Waals surface area contributed by atoms with Crippen molar-refractivity contribution in [2.24, 2.45) is 17.6 Å². The third-order valence-electron chi connectivity index (χ3n) is 9.23. The summed E-state index contributed by atoms with van der Waals surface area (Å²) < 4.78 is 27.4. The van der Waals surface area contributed by atoms with Crippen molar-refractivity contribution in [3.8, 4) is 0 Å². The standard InChI is InChI=1S/C37H54N4O11/c1-22-18-26-31(40-37(47)51-15-8-7-12-41-13-16-50-17-14-41)28(42)21-27(33(26)44)39-35(45)23(2)10-9-11-29(48-5)34(52-36(38)46)25(4)20-24(3)32(43)30(19-22)49-6/h9-11,20-22,24,29-30,32,34,43H,7-8,12-19H2,1-6H3,(H2,38,46)(H,39,45)(H,40,47)/b11-9+,23-10-,25-20+/t22-,24+,29+,30+,32-,34+/m1/s1. The number of aliphatic hydroxyl groups excluding tert-OH is 1. The van der Waals surface area contributed by atoms with Crippen LogP contribution in [0, 0.1) is 11.8 Å².